The first kappa shape index (κ1) is 14.4. The van der Waals surface area contributed by atoms with Crippen LogP contribution in [0.4, 0.5) is 0 Å². The lowest BCUT2D eigenvalue weighted by Gasteiger charge is -2.13. The van der Waals surface area contributed by atoms with Gasteiger partial charge in [0.2, 0.25) is 0 Å². The highest BCUT2D eigenvalue weighted by Gasteiger charge is 2.17. The van der Waals surface area contributed by atoms with E-state index < -0.39 is 0 Å². The van der Waals surface area contributed by atoms with Gasteiger partial charge in [-0.3, -0.25) is 4.79 Å². The van der Waals surface area contributed by atoms with Crippen molar-refractivity contribution in [2.75, 3.05) is 7.11 Å². The predicted octanol–water partition coefficient (Wildman–Crippen LogP) is 3.55. The smallest absolute Gasteiger partial charge is 0.169 e. The van der Waals surface area contributed by atoms with Gasteiger partial charge < -0.3 is 14.6 Å². The number of phenols is 1. The van der Waals surface area contributed by atoms with Crippen LogP contribution in [0.25, 0.3) is 0 Å². The summed E-state index contributed by atoms with van der Waals surface area (Å²) in [4.78, 5) is 11.0. The number of ether oxygens (including phenoxy) is 2. The molecular formula is C15H13BrO4. The summed E-state index contributed by atoms with van der Waals surface area (Å²) < 4.78 is 11.1. The highest BCUT2D eigenvalue weighted by atomic mass is 79.9. The maximum Gasteiger partial charge on any atom is 0.169 e. The maximum atomic E-state index is 11.0. The zero-order chi connectivity index (χ0) is 14.5. The Morgan fingerprint density at radius 2 is 1.95 bits per heavy atom. The van der Waals surface area contributed by atoms with Gasteiger partial charge in [-0.15, -0.1) is 0 Å². The third-order valence-corrected chi connectivity index (χ3v) is 3.60. The minimum absolute atomic E-state index is 0.104. The number of carbonyl (C=O) groups excluding carboxylic acids is 1. The molecule has 0 aliphatic heterocycles. The van der Waals surface area contributed by atoms with E-state index in [4.69, 9.17) is 9.47 Å². The SMILES string of the molecule is COc1cc(OCc2ccccc2)c(Br)c(C=O)c1O. The molecule has 1 N–H and O–H groups in total. The van der Waals surface area contributed by atoms with E-state index in [2.05, 4.69) is 15.9 Å². The number of rotatable bonds is 5. The molecule has 0 atom stereocenters. The van der Waals surface area contributed by atoms with E-state index in [9.17, 15) is 9.90 Å². The molecule has 0 heterocycles. The van der Waals surface area contributed by atoms with Crippen LogP contribution in [0, 0.1) is 0 Å². The summed E-state index contributed by atoms with van der Waals surface area (Å²) >= 11 is 3.26. The van der Waals surface area contributed by atoms with Crippen LogP contribution in [-0.4, -0.2) is 18.5 Å². The summed E-state index contributed by atoms with van der Waals surface area (Å²) in [7, 11) is 1.42. The number of hydrogen-bond donors (Lipinski definition) is 1. The Labute approximate surface area is 125 Å². The lowest BCUT2D eigenvalue weighted by atomic mass is 10.2. The van der Waals surface area contributed by atoms with Gasteiger partial charge in [0.25, 0.3) is 0 Å². The molecule has 0 aliphatic rings. The lowest BCUT2D eigenvalue weighted by molar-refractivity contribution is 0.111. The molecule has 2 aromatic rings. The third kappa shape index (κ3) is 2.93. The first-order valence-electron chi connectivity index (χ1n) is 5.88. The van der Waals surface area contributed by atoms with Crippen molar-refractivity contribution in [2.45, 2.75) is 6.61 Å². The molecule has 2 aromatic carbocycles. The number of aldehydes is 1. The average molecular weight is 337 g/mol. The van der Waals surface area contributed by atoms with E-state index in [0.29, 0.717) is 23.1 Å². The lowest BCUT2D eigenvalue weighted by Crippen LogP contribution is -1.99. The third-order valence-electron chi connectivity index (χ3n) is 2.78. The Morgan fingerprint density at radius 3 is 2.55 bits per heavy atom. The van der Waals surface area contributed by atoms with Gasteiger partial charge in [0.1, 0.15) is 12.4 Å². The first-order valence-corrected chi connectivity index (χ1v) is 6.68. The van der Waals surface area contributed by atoms with Gasteiger partial charge in [-0.2, -0.15) is 0 Å². The van der Waals surface area contributed by atoms with Gasteiger partial charge >= 0.3 is 0 Å². The summed E-state index contributed by atoms with van der Waals surface area (Å²) in [6.07, 6.45) is 0.553. The van der Waals surface area contributed by atoms with Crippen molar-refractivity contribution >= 4 is 22.2 Å². The van der Waals surface area contributed by atoms with E-state index in [0.717, 1.165) is 5.56 Å². The fraction of sp³-hybridized carbons (Fsp3) is 0.133. The molecule has 5 heteroatoms. The van der Waals surface area contributed by atoms with Crippen molar-refractivity contribution in [2.24, 2.45) is 0 Å². The summed E-state index contributed by atoms with van der Waals surface area (Å²) in [5.74, 6) is 0.422. The Morgan fingerprint density at radius 1 is 1.25 bits per heavy atom. The zero-order valence-corrected chi connectivity index (χ0v) is 12.4. The Balaban J connectivity index is 2.30. The quantitative estimate of drug-likeness (QED) is 0.848. The Bertz CT molecular complexity index is 611. The fourth-order valence-electron chi connectivity index (χ4n) is 1.72. The van der Waals surface area contributed by atoms with Gasteiger partial charge in [0.15, 0.2) is 17.8 Å². The zero-order valence-electron chi connectivity index (χ0n) is 10.8. The van der Waals surface area contributed by atoms with E-state index in [1.165, 1.54) is 13.2 Å². The number of benzene rings is 2. The average Bonchev–Trinajstić information content (AvgIpc) is 2.48. The van der Waals surface area contributed by atoms with Gasteiger partial charge in [0, 0.05) is 6.07 Å². The van der Waals surface area contributed by atoms with Crippen LogP contribution in [-0.2, 0) is 6.61 Å². The normalized spacial score (nSPS) is 10.1. The molecule has 0 saturated heterocycles. The molecule has 0 spiro atoms. The molecule has 0 aromatic heterocycles. The van der Waals surface area contributed by atoms with Crippen LogP contribution in [0.3, 0.4) is 0 Å². The summed E-state index contributed by atoms with van der Waals surface area (Å²) in [5, 5.41) is 9.84. The molecule has 0 saturated carbocycles. The second kappa shape index (κ2) is 6.43. The topological polar surface area (TPSA) is 55.8 Å². The van der Waals surface area contributed by atoms with Crippen LogP contribution >= 0.6 is 15.9 Å². The number of phenolic OH excluding ortho intramolecular Hbond substituents is 1. The second-order valence-electron chi connectivity index (χ2n) is 4.05. The highest BCUT2D eigenvalue weighted by molar-refractivity contribution is 9.10. The standard InChI is InChI=1S/C15H13BrO4/c1-19-13-7-12(14(16)11(8-17)15(13)18)20-9-10-5-3-2-4-6-10/h2-8,18H,9H2,1H3. The number of aromatic hydroxyl groups is 1. The van der Waals surface area contributed by atoms with Crippen molar-refractivity contribution in [1.82, 2.24) is 0 Å². The number of hydrogen-bond acceptors (Lipinski definition) is 4. The monoisotopic (exact) mass is 336 g/mol. The van der Waals surface area contributed by atoms with Crippen LogP contribution < -0.4 is 9.47 Å². The van der Waals surface area contributed by atoms with Crippen molar-refractivity contribution in [3.8, 4) is 17.2 Å². The van der Waals surface area contributed by atoms with Gasteiger partial charge in [0.05, 0.1) is 17.1 Å². The molecule has 104 valence electrons. The second-order valence-corrected chi connectivity index (χ2v) is 4.84. The van der Waals surface area contributed by atoms with Crippen molar-refractivity contribution in [3.63, 3.8) is 0 Å². The fourth-order valence-corrected chi connectivity index (χ4v) is 2.23. The molecule has 0 fully saturated rings. The largest absolute Gasteiger partial charge is 0.504 e. The van der Waals surface area contributed by atoms with E-state index >= 15 is 0 Å². The molecule has 0 unspecified atom stereocenters. The Kier molecular flexibility index (Phi) is 4.63. The van der Waals surface area contributed by atoms with Gasteiger partial charge in [-0.1, -0.05) is 30.3 Å². The summed E-state index contributed by atoms with van der Waals surface area (Å²) in [5.41, 5.74) is 1.10. The Hall–Kier alpha value is -2.01. The van der Waals surface area contributed by atoms with Gasteiger partial charge in [-0.05, 0) is 21.5 Å². The maximum absolute atomic E-state index is 11.0. The number of carbonyl (C=O) groups is 1. The van der Waals surface area contributed by atoms with Crippen LogP contribution in [0.15, 0.2) is 40.9 Å². The molecule has 0 bridgehead atoms. The molecule has 0 aliphatic carbocycles. The molecule has 4 nitrogen and oxygen atoms in total. The summed E-state index contributed by atoms with van der Waals surface area (Å²) in [6, 6.07) is 11.2. The highest BCUT2D eigenvalue weighted by Crippen LogP contribution is 2.41. The molecule has 0 amide bonds. The van der Waals surface area contributed by atoms with E-state index in [1.54, 1.807) is 0 Å². The van der Waals surface area contributed by atoms with Gasteiger partial charge in [-0.25, -0.2) is 0 Å². The molecule has 20 heavy (non-hydrogen) atoms. The van der Waals surface area contributed by atoms with Crippen LogP contribution in [0.2, 0.25) is 0 Å². The summed E-state index contributed by atoms with van der Waals surface area (Å²) in [6.45, 7) is 0.353. The number of halogens is 1. The van der Waals surface area contributed by atoms with E-state index in [-0.39, 0.29) is 17.1 Å². The van der Waals surface area contributed by atoms with E-state index in [1.807, 2.05) is 30.3 Å². The minimum Gasteiger partial charge on any atom is -0.504 e. The van der Waals surface area contributed by atoms with Crippen molar-refractivity contribution < 1.29 is 19.4 Å². The first-order chi connectivity index (χ1) is 9.67. The molecule has 0 radical (unpaired) electrons. The minimum atomic E-state index is -0.207. The van der Waals surface area contributed by atoms with Crippen LogP contribution in [0.1, 0.15) is 15.9 Å². The van der Waals surface area contributed by atoms with Crippen molar-refractivity contribution in [3.05, 3.63) is 52.0 Å². The molecular weight excluding hydrogens is 324 g/mol. The van der Waals surface area contributed by atoms with Crippen molar-refractivity contribution in [1.29, 1.82) is 0 Å². The van der Waals surface area contributed by atoms with Crippen LogP contribution in [0.5, 0.6) is 17.2 Å². The predicted molar refractivity (Wildman–Crippen MR) is 78.5 cm³/mol. The molecule has 2 rings (SSSR count). The number of methoxy groups -OCH3 is 1.